The highest BCUT2D eigenvalue weighted by Gasteiger charge is 2.08. The molecule has 0 N–H and O–H groups in total. The van der Waals surface area contributed by atoms with Gasteiger partial charge >= 0.3 is 5.97 Å². The van der Waals surface area contributed by atoms with Gasteiger partial charge in [-0.05, 0) is 32.0 Å². The van der Waals surface area contributed by atoms with Crippen LogP contribution in [0, 0.1) is 13.8 Å². The molecule has 0 radical (unpaired) electrons. The fourth-order valence-electron chi connectivity index (χ4n) is 1.66. The van der Waals surface area contributed by atoms with E-state index in [1.807, 2.05) is 30.5 Å². The normalized spacial score (nSPS) is 10.3. The number of nitrogens with zero attached hydrogens (tertiary/aromatic N) is 2. The standard InChI is InChI=1S/C13H14N2O2/c1-9-10(2)15(8-14-9)12-6-4-5-11(7-12)13(16)17-3/h4-8H,1-3H3. The number of esters is 1. The van der Waals surface area contributed by atoms with Crippen LogP contribution in [0.4, 0.5) is 0 Å². The number of aryl methyl sites for hydroxylation is 1. The van der Waals surface area contributed by atoms with Gasteiger partial charge in [-0.2, -0.15) is 0 Å². The molecule has 4 nitrogen and oxygen atoms in total. The van der Waals surface area contributed by atoms with Crippen molar-refractivity contribution in [2.45, 2.75) is 13.8 Å². The zero-order chi connectivity index (χ0) is 12.4. The van der Waals surface area contributed by atoms with E-state index in [-0.39, 0.29) is 5.97 Å². The maximum Gasteiger partial charge on any atom is 0.337 e. The van der Waals surface area contributed by atoms with E-state index < -0.39 is 0 Å². The molecule has 0 aliphatic rings. The van der Waals surface area contributed by atoms with Gasteiger partial charge in [0.15, 0.2) is 0 Å². The molecule has 0 amide bonds. The van der Waals surface area contributed by atoms with Crippen molar-refractivity contribution in [1.82, 2.24) is 9.55 Å². The van der Waals surface area contributed by atoms with Crippen LogP contribution in [0.1, 0.15) is 21.7 Å². The van der Waals surface area contributed by atoms with Gasteiger partial charge in [0.1, 0.15) is 0 Å². The molecule has 1 heterocycles. The molecule has 0 aliphatic heterocycles. The first-order chi connectivity index (χ1) is 8.13. The van der Waals surface area contributed by atoms with E-state index in [1.165, 1.54) is 7.11 Å². The van der Waals surface area contributed by atoms with Crippen LogP contribution in [0.5, 0.6) is 0 Å². The number of hydrogen-bond acceptors (Lipinski definition) is 3. The third kappa shape index (κ3) is 2.06. The summed E-state index contributed by atoms with van der Waals surface area (Å²) >= 11 is 0. The van der Waals surface area contributed by atoms with Crippen LogP contribution in [-0.2, 0) is 4.74 Å². The largest absolute Gasteiger partial charge is 0.465 e. The molecule has 4 heteroatoms. The number of carbonyl (C=O) groups is 1. The minimum absolute atomic E-state index is 0.332. The Kier molecular flexibility index (Phi) is 2.95. The van der Waals surface area contributed by atoms with Gasteiger partial charge in [0.2, 0.25) is 0 Å². The second-order valence-electron chi connectivity index (χ2n) is 3.83. The maximum absolute atomic E-state index is 11.4. The van der Waals surface area contributed by atoms with Crippen LogP contribution in [0.25, 0.3) is 5.69 Å². The highest BCUT2D eigenvalue weighted by Crippen LogP contribution is 2.15. The van der Waals surface area contributed by atoms with E-state index in [9.17, 15) is 4.79 Å². The van der Waals surface area contributed by atoms with Crippen molar-refractivity contribution >= 4 is 5.97 Å². The number of imidazole rings is 1. The molecular formula is C13H14N2O2. The zero-order valence-electron chi connectivity index (χ0n) is 10.1. The number of aromatic nitrogens is 2. The summed E-state index contributed by atoms with van der Waals surface area (Å²) in [6.45, 7) is 3.95. The zero-order valence-corrected chi connectivity index (χ0v) is 10.1. The fourth-order valence-corrected chi connectivity index (χ4v) is 1.66. The van der Waals surface area contributed by atoms with Crippen molar-refractivity contribution in [3.63, 3.8) is 0 Å². The highest BCUT2D eigenvalue weighted by atomic mass is 16.5. The molecule has 1 aromatic heterocycles. The molecule has 1 aromatic carbocycles. The van der Waals surface area contributed by atoms with Crippen LogP contribution in [-0.4, -0.2) is 22.6 Å². The topological polar surface area (TPSA) is 44.1 Å². The van der Waals surface area contributed by atoms with Gasteiger partial charge in [-0.1, -0.05) is 6.07 Å². The van der Waals surface area contributed by atoms with Crippen molar-refractivity contribution in [3.8, 4) is 5.69 Å². The Morgan fingerprint density at radius 2 is 2.12 bits per heavy atom. The third-order valence-electron chi connectivity index (χ3n) is 2.80. The summed E-state index contributed by atoms with van der Waals surface area (Å²) < 4.78 is 6.64. The molecule has 2 rings (SSSR count). The SMILES string of the molecule is COC(=O)c1cccc(-n2cnc(C)c2C)c1. The highest BCUT2D eigenvalue weighted by molar-refractivity contribution is 5.89. The monoisotopic (exact) mass is 230 g/mol. The van der Waals surface area contributed by atoms with E-state index in [2.05, 4.69) is 4.98 Å². The van der Waals surface area contributed by atoms with Crippen LogP contribution in [0.15, 0.2) is 30.6 Å². The lowest BCUT2D eigenvalue weighted by atomic mass is 10.2. The number of hydrogen-bond donors (Lipinski definition) is 0. The Bertz CT molecular complexity index is 558. The van der Waals surface area contributed by atoms with Gasteiger partial charge in [-0.3, -0.25) is 0 Å². The van der Waals surface area contributed by atoms with Gasteiger partial charge in [0, 0.05) is 11.4 Å². The lowest BCUT2D eigenvalue weighted by molar-refractivity contribution is 0.0600. The van der Waals surface area contributed by atoms with Gasteiger partial charge in [0.25, 0.3) is 0 Å². The van der Waals surface area contributed by atoms with Gasteiger partial charge in [-0.25, -0.2) is 9.78 Å². The summed E-state index contributed by atoms with van der Waals surface area (Å²) in [5.74, 6) is -0.332. The molecule has 0 aliphatic carbocycles. The summed E-state index contributed by atoms with van der Waals surface area (Å²) in [6, 6.07) is 7.28. The first-order valence-electron chi connectivity index (χ1n) is 5.33. The lowest BCUT2D eigenvalue weighted by Gasteiger charge is -2.07. The minimum atomic E-state index is -0.332. The molecule has 0 fully saturated rings. The average Bonchev–Trinajstić information content (AvgIpc) is 2.69. The fraction of sp³-hybridized carbons (Fsp3) is 0.231. The Labute approximate surface area is 99.9 Å². The molecule has 0 saturated carbocycles. The van der Waals surface area contributed by atoms with Gasteiger partial charge in [0.05, 0.1) is 24.7 Å². The second-order valence-corrected chi connectivity index (χ2v) is 3.83. The molecule has 0 spiro atoms. The van der Waals surface area contributed by atoms with E-state index in [1.54, 1.807) is 18.5 Å². The molecule has 0 saturated heterocycles. The Balaban J connectivity index is 2.47. The lowest BCUT2D eigenvalue weighted by Crippen LogP contribution is -2.03. The van der Waals surface area contributed by atoms with Crippen molar-refractivity contribution in [2.24, 2.45) is 0 Å². The summed E-state index contributed by atoms with van der Waals surface area (Å²) in [4.78, 5) is 15.7. The van der Waals surface area contributed by atoms with E-state index in [4.69, 9.17) is 4.74 Å². The van der Waals surface area contributed by atoms with Crippen molar-refractivity contribution in [1.29, 1.82) is 0 Å². The Morgan fingerprint density at radius 3 is 2.71 bits per heavy atom. The molecule has 17 heavy (non-hydrogen) atoms. The molecule has 2 aromatic rings. The maximum atomic E-state index is 11.4. The number of rotatable bonds is 2. The predicted octanol–water partition coefficient (Wildman–Crippen LogP) is 2.28. The van der Waals surface area contributed by atoms with Crippen LogP contribution < -0.4 is 0 Å². The molecule has 0 bridgehead atoms. The molecule has 88 valence electrons. The number of methoxy groups -OCH3 is 1. The Morgan fingerprint density at radius 1 is 1.35 bits per heavy atom. The van der Waals surface area contributed by atoms with Crippen LogP contribution >= 0.6 is 0 Å². The summed E-state index contributed by atoms with van der Waals surface area (Å²) in [6.07, 6.45) is 1.75. The third-order valence-corrected chi connectivity index (χ3v) is 2.80. The molecular weight excluding hydrogens is 216 g/mol. The quantitative estimate of drug-likeness (QED) is 0.743. The van der Waals surface area contributed by atoms with E-state index in [0.29, 0.717) is 5.56 Å². The van der Waals surface area contributed by atoms with Crippen LogP contribution in [0.2, 0.25) is 0 Å². The van der Waals surface area contributed by atoms with Gasteiger partial charge in [-0.15, -0.1) is 0 Å². The molecule has 0 unspecified atom stereocenters. The van der Waals surface area contributed by atoms with E-state index >= 15 is 0 Å². The number of ether oxygens (including phenoxy) is 1. The average molecular weight is 230 g/mol. The first kappa shape index (κ1) is 11.4. The Hall–Kier alpha value is -2.10. The molecule has 0 atom stereocenters. The van der Waals surface area contributed by atoms with Gasteiger partial charge < -0.3 is 9.30 Å². The van der Waals surface area contributed by atoms with Crippen molar-refractivity contribution in [3.05, 3.63) is 47.5 Å². The second kappa shape index (κ2) is 4.41. The smallest absolute Gasteiger partial charge is 0.337 e. The van der Waals surface area contributed by atoms with Crippen LogP contribution in [0.3, 0.4) is 0 Å². The minimum Gasteiger partial charge on any atom is -0.465 e. The number of benzene rings is 1. The van der Waals surface area contributed by atoms with Crippen molar-refractivity contribution in [2.75, 3.05) is 7.11 Å². The van der Waals surface area contributed by atoms with Crippen molar-refractivity contribution < 1.29 is 9.53 Å². The summed E-state index contributed by atoms with van der Waals surface area (Å²) in [5.41, 5.74) is 3.49. The summed E-state index contributed by atoms with van der Waals surface area (Å²) in [7, 11) is 1.38. The summed E-state index contributed by atoms with van der Waals surface area (Å²) in [5, 5.41) is 0. The number of carbonyl (C=O) groups excluding carboxylic acids is 1. The first-order valence-corrected chi connectivity index (χ1v) is 5.33. The van der Waals surface area contributed by atoms with E-state index in [0.717, 1.165) is 17.1 Å². The predicted molar refractivity (Wildman–Crippen MR) is 64.4 cm³/mol.